The van der Waals surface area contributed by atoms with Crippen LogP contribution in [0, 0.1) is 0 Å². The van der Waals surface area contributed by atoms with Crippen LogP contribution in [0.15, 0.2) is 54.9 Å². The van der Waals surface area contributed by atoms with Crippen LogP contribution in [0.1, 0.15) is 16.1 Å². The fourth-order valence-electron chi connectivity index (χ4n) is 3.38. The molecule has 0 aliphatic heterocycles. The summed E-state index contributed by atoms with van der Waals surface area (Å²) in [5.74, 6) is 0.0195. The number of halogens is 3. The van der Waals surface area contributed by atoms with Crippen molar-refractivity contribution in [3.63, 3.8) is 0 Å². The van der Waals surface area contributed by atoms with Crippen LogP contribution in [-0.2, 0) is 6.18 Å². The van der Waals surface area contributed by atoms with E-state index < -0.39 is 11.7 Å². The average molecular weight is 422 g/mol. The Morgan fingerprint density at radius 1 is 0.968 bits per heavy atom. The maximum Gasteiger partial charge on any atom is 0.419 e. The number of H-pyrrole nitrogens is 2. The molecule has 5 aromatic rings. The van der Waals surface area contributed by atoms with Crippen molar-refractivity contribution in [3.8, 4) is 11.3 Å². The summed E-state index contributed by atoms with van der Waals surface area (Å²) in [6, 6.07) is 11.6. The molecule has 0 aliphatic rings. The van der Waals surface area contributed by atoms with Gasteiger partial charge in [0.1, 0.15) is 5.56 Å². The Labute approximate surface area is 172 Å². The van der Waals surface area contributed by atoms with Crippen LogP contribution >= 0.6 is 0 Å². The van der Waals surface area contributed by atoms with E-state index in [0.29, 0.717) is 28.6 Å². The monoisotopic (exact) mass is 422 g/mol. The van der Waals surface area contributed by atoms with Crippen LogP contribution < -0.4 is 5.32 Å². The quantitative estimate of drug-likeness (QED) is 0.351. The van der Waals surface area contributed by atoms with E-state index in [9.17, 15) is 18.0 Å². The van der Waals surface area contributed by atoms with Crippen LogP contribution in [0.2, 0.25) is 0 Å². The first-order valence-corrected chi connectivity index (χ1v) is 9.13. The van der Waals surface area contributed by atoms with Crippen molar-refractivity contribution in [1.29, 1.82) is 0 Å². The maximum absolute atomic E-state index is 13.6. The van der Waals surface area contributed by atoms with E-state index in [0.717, 1.165) is 17.1 Å². The van der Waals surface area contributed by atoms with Crippen molar-refractivity contribution in [2.24, 2.45) is 0 Å². The Morgan fingerprint density at radius 2 is 1.84 bits per heavy atom. The lowest BCUT2D eigenvalue weighted by molar-refractivity contribution is -0.137. The molecule has 0 amide bonds. The third-order valence-electron chi connectivity index (χ3n) is 4.83. The molecule has 0 unspecified atom stereocenters. The second-order valence-corrected chi connectivity index (χ2v) is 6.90. The first kappa shape index (κ1) is 18.8. The van der Waals surface area contributed by atoms with Crippen molar-refractivity contribution >= 4 is 39.7 Å². The van der Waals surface area contributed by atoms with Crippen molar-refractivity contribution in [2.75, 3.05) is 5.32 Å². The number of benzene rings is 2. The van der Waals surface area contributed by atoms with E-state index in [2.05, 4.69) is 30.5 Å². The van der Waals surface area contributed by atoms with Crippen LogP contribution in [0.5, 0.6) is 0 Å². The first-order valence-electron chi connectivity index (χ1n) is 9.13. The molecule has 5 rings (SSSR count). The number of carbonyl (C=O) groups excluding carboxylic acids is 1. The lowest BCUT2D eigenvalue weighted by Crippen LogP contribution is -2.11. The molecule has 2 aromatic carbocycles. The highest BCUT2D eigenvalue weighted by atomic mass is 19.4. The number of fused-ring (bicyclic) bond motifs is 2. The van der Waals surface area contributed by atoms with Gasteiger partial charge in [-0.15, -0.1) is 0 Å². The molecule has 0 radical (unpaired) electrons. The Bertz CT molecular complexity index is 1440. The molecular weight excluding hydrogens is 409 g/mol. The van der Waals surface area contributed by atoms with E-state index in [1.807, 2.05) is 0 Å². The molecule has 3 heterocycles. The lowest BCUT2D eigenvalue weighted by Gasteiger charge is -2.14. The number of anilines is 2. The summed E-state index contributed by atoms with van der Waals surface area (Å²) in [5, 5.41) is 11.2. The van der Waals surface area contributed by atoms with E-state index in [1.54, 1.807) is 36.5 Å². The van der Waals surface area contributed by atoms with Crippen LogP contribution in [0.3, 0.4) is 0 Å². The second kappa shape index (κ2) is 6.94. The van der Waals surface area contributed by atoms with Gasteiger partial charge in [-0.1, -0.05) is 12.1 Å². The Hall–Kier alpha value is -4.21. The number of aldehydes is 1. The van der Waals surface area contributed by atoms with Gasteiger partial charge in [-0.25, -0.2) is 9.97 Å². The molecule has 0 spiro atoms. The Kier molecular flexibility index (Phi) is 4.21. The largest absolute Gasteiger partial charge is 0.419 e. The van der Waals surface area contributed by atoms with E-state index >= 15 is 0 Å². The number of hydrogen-bond donors (Lipinski definition) is 3. The fraction of sp³-hybridized carbons (Fsp3) is 0.0476. The number of carbonyl (C=O) groups is 1. The predicted molar refractivity (Wildman–Crippen MR) is 109 cm³/mol. The molecule has 154 valence electrons. The number of nitrogens with zero attached hydrogens (tertiary/aromatic N) is 3. The van der Waals surface area contributed by atoms with Crippen molar-refractivity contribution < 1.29 is 18.0 Å². The minimum absolute atomic E-state index is 0.0195. The molecule has 0 saturated heterocycles. The molecule has 3 N–H and O–H groups in total. The number of rotatable bonds is 4. The summed E-state index contributed by atoms with van der Waals surface area (Å²) in [5.41, 5.74) is 1.33. The minimum Gasteiger partial charge on any atom is -0.352 e. The van der Waals surface area contributed by atoms with Crippen molar-refractivity contribution in [1.82, 2.24) is 25.1 Å². The van der Waals surface area contributed by atoms with Crippen LogP contribution in [0.4, 0.5) is 24.8 Å². The summed E-state index contributed by atoms with van der Waals surface area (Å²) in [7, 11) is 0. The first-order chi connectivity index (χ1) is 14.9. The van der Waals surface area contributed by atoms with E-state index in [1.165, 1.54) is 12.1 Å². The molecule has 0 fully saturated rings. The van der Waals surface area contributed by atoms with Gasteiger partial charge in [-0.2, -0.15) is 18.3 Å². The van der Waals surface area contributed by atoms with Crippen molar-refractivity contribution in [3.05, 3.63) is 66.1 Å². The highest BCUT2D eigenvalue weighted by Crippen LogP contribution is 2.37. The molecule has 3 aromatic heterocycles. The highest BCUT2D eigenvalue weighted by molar-refractivity contribution is 5.90. The second-order valence-electron chi connectivity index (χ2n) is 6.90. The van der Waals surface area contributed by atoms with Gasteiger partial charge in [0.05, 0.1) is 23.1 Å². The van der Waals surface area contributed by atoms with E-state index in [-0.39, 0.29) is 17.2 Å². The summed E-state index contributed by atoms with van der Waals surface area (Å²) in [4.78, 5) is 21.9. The zero-order chi connectivity index (χ0) is 21.6. The molecule has 0 atom stereocenters. The third kappa shape index (κ3) is 3.48. The topological polar surface area (TPSA) is 99.3 Å². The zero-order valence-corrected chi connectivity index (χ0v) is 15.7. The highest BCUT2D eigenvalue weighted by Gasteiger charge is 2.35. The maximum atomic E-state index is 13.6. The lowest BCUT2D eigenvalue weighted by atomic mass is 10.1. The van der Waals surface area contributed by atoms with Gasteiger partial charge < -0.3 is 10.3 Å². The van der Waals surface area contributed by atoms with Gasteiger partial charge in [0, 0.05) is 33.7 Å². The standard InChI is InChI=1S/C21H13F3N6O/c22-21(23,24)16-9-25-20(28-14-3-4-17-13(6-14)8-26-30-17)29-19(16)12-2-1-11-5-15(10-31)27-18(11)7-12/h1-10,27H,(H,26,30)(H,25,28,29). The van der Waals surface area contributed by atoms with E-state index in [4.69, 9.17) is 0 Å². The summed E-state index contributed by atoms with van der Waals surface area (Å²) >= 11 is 0. The smallest absolute Gasteiger partial charge is 0.352 e. The number of alkyl halides is 3. The molecule has 0 bridgehead atoms. The fourth-order valence-corrected chi connectivity index (χ4v) is 3.38. The molecule has 0 aliphatic carbocycles. The third-order valence-corrected chi connectivity index (χ3v) is 4.83. The van der Waals surface area contributed by atoms with Gasteiger partial charge in [0.25, 0.3) is 0 Å². The number of aromatic amines is 2. The molecule has 0 saturated carbocycles. The average Bonchev–Trinajstić information content (AvgIpc) is 3.38. The van der Waals surface area contributed by atoms with Gasteiger partial charge in [0.15, 0.2) is 6.29 Å². The predicted octanol–water partition coefficient (Wildman–Crippen LogP) is 5.08. The Balaban J connectivity index is 1.59. The number of hydrogen-bond acceptors (Lipinski definition) is 5. The Morgan fingerprint density at radius 3 is 2.65 bits per heavy atom. The summed E-state index contributed by atoms with van der Waals surface area (Å²) in [6.45, 7) is 0. The van der Waals surface area contributed by atoms with Gasteiger partial charge in [-0.3, -0.25) is 9.89 Å². The minimum atomic E-state index is -4.64. The molecule has 7 nitrogen and oxygen atoms in total. The molecule has 31 heavy (non-hydrogen) atoms. The van der Waals surface area contributed by atoms with Crippen molar-refractivity contribution in [2.45, 2.75) is 6.18 Å². The number of nitrogens with one attached hydrogen (secondary N) is 3. The molecular formula is C21H13F3N6O. The molecule has 10 heteroatoms. The number of aromatic nitrogens is 5. The van der Waals surface area contributed by atoms with Gasteiger partial charge >= 0.3 is 6.18 Å². The summed E-state index contributed by atoms with van der Waals surface area (Å²) in [6.07, 6.45) is -1.60. The van der Waals surface area contributed by atoms with Gasteiger partial charge in [-0.05, 0) is 30.3 Å². The zero-order valence-electron chi connectivity index (χ0n) is 15.7. The van der Waals surface area contributed by atoms with Crippen LogP contribution in [0.25, 0.3) is 33.1 Å². The normalized spacial score (nSPS) is 11.8. The summed E-state index contributed by atoms with van der Waals surface area (Å²) < 4.78 is 40.9. The SMILES string of the molecule is O=Cc1cc2ccc(-c3nc(Nc4ccc5[nH]ncc5c4)ncc3C(F)(F)F)cc2[nH]1. The van der Waals surface area contributed by atoms with Crippen LogP contribution in [-0.4, -0.2) is 31.4 Å². The van der Waals surface area contributed by atoms with Gasteiger partial charge in [0.2, 0.25) is 5.95 Å².